The van der Waals surface area contributed by atoms with Crippen LogP contribution in [-0.2, 0) is 9.47 Å². The third kappa shape index (κ3) is 4.41. The van der Waals surface area contributed by atoms with Gasteiger partial charge in [0.25, 0.3) is 0 Å². The zero-order valence-electron chi connectivity index (χ0n) is 25.3. The van der Waals surface area contributed by atoms with Gasteiger partial charge in [-0.05, 0) is 83.3 Å². The lowest BCUT2D eigenvalue weighted by Gasteiger charge is -2.19. The predicted molar refractivity (Wildman–Crippen MR) is 179 cm³/mol. The molecule has 44 heavy (non-hydrogen) atoms. The van der Waals surface area contributed by atoms with Gasteiger partial charge in [-0.1, -0.05) is 72.8 Å². The van der Waals surface area contributed by atoms with Gasteiger partial charge in [-0.3, -0.25) is 9.97 Å². The number of fused-ring (bicyclic) bond motifs is 4. The van der Waals surface area contributed by atoms with E-state index in [1.165, 1.54) is 16.2 Å². The number of benzene rings is 4. The summed E-state index contributed by atoms with van der Waals surface area (Å²) in [6, 6.07) is 30.0. The van der Waals surface area contributed by atoms with Crippen molar-refractivity contribution >= 4 is 44.1 Å². The van der Waals surface area contributed by atoms with Gasteiger partial charge in [-0.25, -0.2) is 9.98 Å². The van der Waals surface area contributed by atoms with Crippen LogP contribution in [0.4, 0.5) is 0 Å². The highest BCUT2D eigenvalue weighted by atomic mass is 16.5. The van der Waals surface area contributed by atoms with Crippen molar-refractivity contribution in [3.8, 4) is 22.3 Å². The maximum absolute atomic E-state index is 5.88. The molecule has 2 aliphatic rings. The molecule has 0 saturated carbocycles. The van der Waals surface area contributed by atoms with E-state index in [0.29, 0.717) is 25.0 Å². The van der Waals surface area contributed by atoms with Crippen LogP contribution in [0, 0.1) is 0 Å². The second kappa shape index (κ2) is 9.71. The molecule has 2 aromatic heterocycles. The first-order valence-corrected chi connectivity index (χ1v) is 15.0. The van der Waals surface area contributed by atoms with Gasteiger partial charge >= 0.3 is 0 Å². The summed E-state index contributed by atoms with van der Waals surface area (Å²) in [6.07, 6.45) is 3.90. The lowest BCUT2D eigenvalue weighted by Crippen LogP contribution is -2.17. The number of rotatable bonds is 4. The van der Waals surface area contributed by atoms with E-state index in [0.717, 1.165) is 49.8 Å². The molecular weight excluding hydrogens is 544 g/mol. The molecule has 6 aromatic rings. The fourth-order valence-corrected chi connectivity index (χ4v) is 6.33. The van der Waals surface area contributed by atoms with Crippen LogP contribution in [0.25, 0.3) is 54.6 Å². The molecule has 0 N–H and O–H groups in total. The SMILES string of the molecule is CC1(C)COC(c2ccc(-c3c4ccccc4c(-c4ccc(C5=NC(C)(C)CO5)nc4)c4c3ccc3ccccc34)cn2)=N1. The Bertz CT molecular complexity index is 2160. The average molecular weight is 577 g/mol. The van der Waals surface area contributed by atoms with E-state index in [9.17, 15) is 0 Å². The molecule has 6 nitrogen and oxygen atoms in total. The smallest absolute Gasteiger partial charge is 0.236 e. The Morgan fingerprint density at radius 1 is 0.523 bits per heavy atom. The van der Waals surface area contributed by atoms with Gasteiger partial charge in [-0.2, -0.15) is 0 Å². The number of aliphatic imine (C=N–C) groups is 2. The Morgan fingerprint density at radius 3 is 1.57 bits per heavy atom. The summed E-state index contributed by atoms with van der Waals surface area (Å²) >= 11 is 0. The molecule has 0 radical (unpaired) electrons. The number of ether oxygens (including phenoxy) is 2. The number of nitrogens with zero attached hydrogens (tertiary/aromatic N) is 4. The fourth-order valence-electron chi connectivity index (χ4n) is 6.33. The highest BCUT2D eigenvalue weighted by molar-refractivity contribution is 6.27. The van der Waals surface area contributed by atoms with Crippen molar-refractivity contribution < 1.29 is 9.47 Å². The lowest BCUT2D eigenvalue weighted by atomic mass is 9.84. The summed E-state index contributed by atoms with van der Waals surface area (Å²) in [6.45, 7) is 9.39. The minimum absolute atomic E-state index is 0.236. The third-order valence-corrected chi connectivity index (χ3v) is 8.39. The molecule has 0 atom stereocenters. The topological polar surface area (TPSA) is 69.0 Å². The van der Waals surface area contributed by atoms with Gasteiger partial charge in [-0.15, -0.1) is 0 Å². The van der Waals surface area contributed by atoms with Crippen LogP contribution >= 0.6 is 0 Å². The van der Waals surface area contributed by atoms with Crippen LogP contribution in [0.1, 0.15) is 39.1 Å². The first kappa shape index (κ1) is 26.5. The van der Waals surface area contributed by atoms with Gasteiger partial charge in [0.15, 0.2) is 0 Å². The molecule has 4 aromatic carbocycles. The summed E-state index contributed by atoms with van der Waals surface area (Å²) in [5.41, 5.74) is 5.42. The fraction of sp³-hybridized carbons (Fsp3) is 0.211. The second-order valence-electron chi connectivity index (χ2n) is 12.9. The number of pyridine rings is 2. The molecular formula is C38H32N4O2. The number of aromatic nitrogens is 2. The summed E-state index contributed by atoms with van der Waals surface area (Å²) < 4.78 is 11.8. The average Bonchev–Trinajstić information content (AvgIpc) is 3.60. The molecule has 216 valence electrons. The first-order chi connectivity index (χ1) is 21.3. The molecule has 0 bridgehead atoms. The Hall–Kier alpha value is -5.10. The molecule has 6 heteroatoms. The normalized spacial score (nSPS) is 17.0. The minimum atomic E-state index is -0.238. The largest absolute Gasteiger partial charge is 0.474 e. The van der Waals surface area contributed by atoms with Crippen molar-refractivity contribution in [3.63, 3.8) is 0 Å². The van der Waals surface area contributed by atoms with E-state index < -0.39 is 0 Å². The van der Waals surface area contributed by atoms with E-state index >= 15 is 0 Å². The molecule has 2 aliphatic heterocycles. The van der Waals surface area contributed by atoms with Crippen LogP contribution in [0.3, 0.4) is 0 Å². The summed E-state index contributed by atoms with van der Waals surface area (Å²) in [7, 11) is 0. The highest BCUT2D eigenvalue weighted by Crippen LogP contribution is 2.46. The van der Waals surface area contributed by atoms with Gasteiger partial charge < -0.3 is 9.47 Å². The number of hydrogen-bond acceptors (Lipinski definition) is 6. The van der Waals surface area contributed by atoms with E-state index in [-0.39, 0.29) is 11.1 Å². The molecule has 8 rings (SSSR count). The van der Waals surface area contributed by atoms with Crippen LogP contribution < -0.4 is 0 Å². The van der Waals surface area contributed by atoms with Gasteiger partial charge in [0, 0.05) is 23.5 Å². The Labute approximate surface area is 256 Å². The van der Waals surface area contributed by atoms with E-state index in [1.807, 2.05) is 24.5 Å². The minimum Gasteiger partial charge on any atom is -0.474 e. The Morgan fingerprint density at radius 2 is 1.05 bits per heavy atom. The summed E-state index contributed by atoms with van der Waals surface area (Å²) in [4.78, 5) is 19.1. The van der Waals surface area contributed by atoms with Gasteiger partial charge in [0.1, 0.15) is 24.6 Å². The third-order valence-electron chi connectivity index (χ3n) is 8.39. The molecule has 0 unspecified atom stereocenters. The zero-order chi connectivity index (χ0) is 30.1. The van der Waals surface area contributed by atoms with Crippen molar-refractivity contribution in [2.24, 2.45) is 9.98 Å². The first-order valence-electron chi connectivity index (χ1n) is 15.0. The lowest BCUT2D eigenvalue weighted by molar-refractivity contribution is 0.279. The second-order valence-corrected chi connectivity index (χ2v) is 12.9. The van der Waals surface area contributed by atoms with Crippen molar-refractivity contribution in [3.05, 3.63) is 109 Å². The van der Waals surface area contributed by atoms with E-state index in [2.05, 4.69) is 100 Å². The van der Waals surface area contributed by atoms with Crippen molar-refractivity contribution in [2.45, 2.75) is 38.8 Å². The molecule has 0 saturated heterocycles. The van der Waals surface area contributed by atoms with Crippen LogP contribution in [0.5, 0.6) is 0 Å². The zero-order valence-corrected chi connectivity index (χ0v) is 25.3. The number of hydrogen-bond donors (Lipinski definition) is 0. The van der Waals surface area contributed by atoms with Crippen molar-refractivity contribution in [1.29, 1.82) is 0 Å². The van der Waals surface area contributed by atoms with Crippen molar-refractivity contribution in [2.75, 3.05) is 13.2 Å². The molecule has 0 aliphatic carbocycles. The molecule has 0 spiro atoms. The van der Waals surface area contributed by atoms with Crippen molar-refractivity contribution in [1.82, 2.24) is 9.97 Å². The van der Waals surface area contributed by atoms with Gasteiger partial charge in [0.05, 0.1) is 11.1 Å². The molecule has 0 amide bonds. The van der Waals surface area contributed by atoms with Crippen LogP contribution in [-0.4, -0.2) is 46.1 Å². The Kier molecular flexibility index (Phi) is 5.85. The Balaban J connectivity index is 1.36. The molecule has 0 fully saturated rings. The van der Waals surface area contributed by atoms with Crippen LogP contribution in [0.15, 0.2) is 107 Å². The quantitative estimate of drug-likeness (QED) is 0.156. The molecule has 4 heterocycles. The monoisotopic (exact) mass is 576 g/mol. The predicted octanol–water partition coefficient (Wildman–Crippen LogP) is 8.38. The maximum Gasteiger partial charge on any atom is 0.236 e. The maximum atomic E-state index is 5.88. The van der Waals surface area contributed by atoms with E-state index in [1.54, 1.807) is 0 Å². The highest BCUT2D eigenvalue weighted by Gasteiger charge is 2.29. The van der Waals surface area contributed by atoms with Crippen LogP contribution in [0.2, 0.25) is 0 Å². The van der Waals surface area contributed by atoms with Gasteiger partial charge in [0.2, 0.25) is 11.8 Å². The van der Waals surface area contributed by atoms with E-state index in [4.69, 9.17) is 29.4 Å². The summed E-state index contributed by atoms with van der Waals surface area (Å²) in [5.74, 6) is 1.21. The standard InChI is InChI=1S/C38H32N4O2/c1-37(2)21-43-35(41-37)30-17-14-24(19-39-30)32-27-11-7-8-12-28(27)33(34-26-10-6-5-9-23(26)13-16-29(32)34)25-15-18-31(40-20-25)36-42-38(3,4)22-44-36/h5-20H,21-22H2,1-4H3. The summed E-state index contributed by atoms with van der Waals surface area (Å²) in [5, 5.41) is 7.06.